The molecule has 0 aromatic carbocycles. The highest BCUT2D eigenvalue weighted by atomic mass is 79.9. The lowest BCUT2D eigenvalue weighted by atomic mass is 10.2. The third-order valence-corrected chi connectivity index (χ3v) is 3.89. The lowest BCUT2D eigenvalue weighted by Gasteiger charge is -2.08. The van der Waals surface area contributed by atoms with Gasteiger partial charge in [0.15, 0.2) is 0 Å². The maximum atomic E-state index is 11.6. The van der Waals surface area contributed by atoms with Crippen LogP contribution in [0.4, 0.5) is 0 Å². The Morgan fingerprint density at radius 2 is 2.47 bits per heavy atom. The molecule has 0 saturated carbocycles. The van der Waals surface area contributed by atoms with Gasteiger partial charge in [0, 0.05) is 11.0 Å². The molecule has 1 aromatic rings. The highest BCUT2D eigenvalue weighted by Crippen LogP contribution is 2.22. The maximum absolute atomic E-state index is 11.6. The topological polar surface area (TPSA) is 49.3 Å². The van der Waals surface area contributed by atoms with Crippen LogP contribution in [0.2, 0.25) is 0 Å². The van der Waals surface area contributed by atoms with E-state index in [-0.39, 0.29) is 12.0 Å². The van der Waals surface area contributed by atoms with Gasteiger partial charge in [0.2, 0.25) is 0 Å². The number of carbonyl (C=O) groups excluding carboxylic acids is 1. The summed E-state index contributed by atoms with van der Waals surface area (Å²) in [6, 6.07) is 1.85. The first-order chi connectivity index (χ1) is 7.15. The van der Waals surface area contributed by atoms with Crippen LogP contribution in [0.3, 0.4) is 0 Å². The van der Waals surface area contributed by atoms with E-state index in [1.54, 1.807) is 0 Å². The average molecular weight is 292 g/mol. The van der Waals surface area contributed by atoms with Gasteiger partial charge in [-0.3, -0.25) is 4.79 Å². The molecule has 0 saturated heterocycles. The molecule has 0 fully saturated rings. The minimum atomic E-state index is -0.322. The molecule has 1 amide bonds. The molecule has 15 heavy (non-hydrogen) atoms. The number of aliphatic hydroxyl groups excluding tert-OH is 1. The summed E-state index contributed by atoms with van der Waals surface area (Å²) in [4.78, 5) is 12.3. The largest absolute Gasteiger partial charge is 0.393 e. The predicted octanol–water partition coefficient (Wildman–Crippen LogP) is 2.40. The van der Waals surface area contributed by atoms with Crippen molar-refractivity contribution < 1.29 is 9.90 Å². The Hall–Kier alpha value is -0.390. The van der Waals surface area contributed by atoms with Crippen LogP contribution < -0.4 is 5.32 Å². The van der Waals surface area contributed by atoms with E-state index >= 15 is 0 Å². The second kappa shape index (κ2) is 6.25. The van der Waals surface area contributed by atoms with Gasteiger partial charge in [0.1, 0.15) is 4.88 Å². The minimum Gasteiger partial charge on any atom is -0.393 e. The number of nitrogens with one attached hydrogen (secondary N) is 1. The molecule has 3 nitrogen and oxygen atoms in total. The summed E-state index contributed by atoms with van der Waals surface area (Å²) >= 11 is 4.70. The molecule has 0 bridgehead atoms. The van der Waals surface area contributed by atoms with Crippen molar-refractivity contribution in [3.63, 3.8) is 0 Å². The Bertz CT molecular complexity index is 327. The molecule has 84 valence electrons. The average Bonchev–Trinajstić information content (AvgIpc) is 2.64. The fraction of sp³-hybridized carbons (Fsp3) is 0.500. The molecule has 0 spiro atoms. The van der Waals surface area contributed by atoms with Crippen molar-refractivity contribution in [1.29, 1.82) is 0 Å². The number of aliphatic hydroxyl groups is 1. The van der Waals surface area contributed by atoms with Crippen LogP contribution >= 0.6 is 27.3 Å². The van der Waals surface area contributed by atoms with Gasteiger partial charge >= 0.3 is 0 Å². The lowest BCUT2D eigenvalue weighted by Crippen LogP contribution is -2.26. The summed E-state index contributed by atoms with van der Waals surface area (Å²) in [5, 5.41) is 13.9. The Balaban J connectivity index is 2.34. The predicted molar refractivity (Wildman–Crippen MR) is 65.3 cm³/mol. The van der Waals surface area contributed by atoms with Crippen LogP contribution in [0, 0.1) is 0 Å². The van der Waals surface area contributed by atoms with E-state index in [0.29, 0.717) is 17.8 Å². The van der Waals surface area contributed by atoms with Crippen molar-refractivity contribution in [2.24, 2.45) is 0 Å². The monoisotopic (exact) mass is 291 g/mol. The van der Waals surface area contributed by atoms with E-state index in [0.717, 1.165) is 10.9 Å². The van der Waals surface area contributed by atoms with Gasteiger partial charge in [-0.2, -0.15) is 0 Å². The number of hydrogen-bond acceptors (Lipinski definition) is 3. The van der Waals surface area contributed by atoms with Crippen LogP contribution in [0.1, 0.15) is 29.4 Å². The fourth-order valence-electron chi connectivity index (χ4n) is 1.09. The summed E-state index contributed by atoms with van der Waals surface area (Å²) in [6.45, 7) is 2.43. The van der Waals surface area contributed by atoms with Crippen molar-refractivity contribution >= 4 is 33.2 Å². The van der Waals surface area contributed by atoms with E-state index in [1.807, 2.05) is 18.4 Å². The number of amides is 1. The third-order valence-electron chi connectivity index (χ3n) is 2.06. The molecule has 0 aliphatic carbocycles. The molecule has 2 N–H and O–H groups in total. The first kappa shape index (κ1) is 12.7. The Kier molecular flexibility index (Phi) is 5.28. The maximum Gasteiger partial charge on any atom is 0.262 e. The SMILES string of the molecule is CCC(O)CCNC(=O)c1sccc1Br. The minimum absolute atomic E-state index is 0.0832. The highest BCUT2D eigenvalue weighted by Gasteiger charge is 2.11. The van der Waals surface area contributed by atoms with Crippen molar-refractivity contribution in [2.45, 2.75) is 25.9 Å². The smallest absolute Gasteiger partial charge is 0.262 e. The van der Waals surface area contributed by atoms with Gasteiger partial charge in [-0.25, -0.2) is 0 Å². The summed E-state index contributed by atoms with van der Waals surface area (Å²) in [7, 11) is 0. The van der Waals surface area contributed by atoms with Gasteiger partial charge < -0.3 is 10.4 Å². The third kappa shape index (κ3) is 3.93. The number of hydrogen-bond donors (Lipinski definition) is 2. The van der Waals surface area contributed by atoms with Gasteiger partial charge in [0.25, 0.3) is 5.91 Å². The summed E-state index contributed by atoms with van der Waals surface area (Å²) in [5.74, 6) is -0.0832. The van der Waals surface area contributed by atoms with Crippen molar-refractivity contribution in [3.8, 4) is 0 Å². The summed E-state index contributed by atoms with van der Waals surface area (Å²) in [5.41, 5.74) is 0. The Morgan fingerprint density at radius 1 is 1.73 bits per heavy atom. The van der Waals surface area contributed by atoms with Crippen LogP contribution in [-0.4, -0.2) is 23.7 Å². The summed E-state index contributed by atoms with van der Waals surface area (Å²) in [6.07, 6.45) is 1.00. The summed E-state index contributed by atoms with van der Waals surface area (Å²) < 4.78 is 0.820. The van der Waals surface area contributed by atoms with E-state index in [1.165, 1.54) is 11.3 Å². The quantitative estimate of drug-likeness (QED) is 0.875. The lowest BCUT2D eigenvalue weighted by molar-refractivity contribution is 0.0945. The highest BCUT2D eigenvalue weighted by molar-refractivity contribution is 9.10. The van der Waals surface area contributed by atoms with Crippen LogP contribution in [-0.2, 0) is 0 Å². The first-order valence-corrected chi connectivity index (χ1v) is 6.51. The normalized spacial score (nSPS) is 12.5. The van der Waals surface area contributed by atoms with Crippen molar-refractivity contribution in [2.75, 3.05) is 6.54 Å². The Labute approximate surface area is 102 Å². The second-order valence-corrected chi connectivity index (χ2v) is 4.97. The standard InChI is InChI=1S/C10H14BrNO2S/c1-2-7(13)3-5-12-10(14)9-8(11)4-6-15-9/h4,6-7,13H,2-3,5H2,1H3,(H,12,14). The zero-order chi connectivity index (χ0) is 11.3. The second-order valence-electron chi connectivity index (χ2n) is 3.20. The molecule has 1 aromatic heterocycles. The van der Waals surface area contributed by atoms with Gasteiger partial charge in [-0.15, -0.1) is 11.3 Å². The number of halogens is 1. The van der Waals surface area contributed by atoms with Crippen LogP contribution in [0.25, 0.3) is 0 Å². The molecule has 0 aliphatic heterocycles. The number of thiophene rings is 1. The zero-order valence-electron chi connectivity index (χ0n) is 8.50. The fourth-order valence-corrected chi connectivity index (χ4v) is 2.56. The van der Waals surface area contributed by atoms with Crippen molar-refractivity contribution in [3.05, 3.63) is 20.8 Å². The molecule has 1 atom stereocenters. The van der Waals surface area contributed by atoms with E-state index in [9.17, 15) is 9.90 Å². The number of rotatable bonds is 5. The zero-order valence-corrected chi connectivity index (χ0v) is 10.9. The number of carbonyl (C=O) groups is 1. The van der Waals surface area contributed by atoms with E-state index in [2.05, 4.69) is 21.2 Å². The molecule has 0 radical (unpaired) electrons. The van der Waals surface area contributed by atoms with Crippen LogP contribution in [0.5, 0.6) is 0 Å². The van der Waals surface area contributed by atoms with Crippen LogP contribution in [0.15, 0.2) is 15.9 Å². The van der Waals surface area contributed by atoms with E-state index in [4.69, 9.17) is 0 Å². The van der Waals surface area contributed by atoms with Gasteiger partial charge in [0.05, 0.1) is 6.10 Å². The molecule has 5 heteroatoms. The van der Waals surface area contributed by atoms with Crippen molar-refractivity contribution in [1.82, 2.24) is 5.32 Å². The van der Waals surface area contributed by atoms with Gasteiger partial charge in [-0.05, 0) is 40.2 Å². The molecular weight excluding hydrogens is 278 g/mol. The molecule has 0 aliphatic rings. The van der Waals surface area contributed by atoms with E-state index < -0.39 is 0 Å². The first-order valence-electron chi connectivity index (χ1n) is 4.84. The Morgan fingerprint density at radius 3 is 3.00 bits per heavy atom. The molecule has 1 rings (SSSR count). The molecular formula is C10H14BrNO2S. The molecule has 1 unspecified atom stereocenters. The van der Waals surface area contributed by atoms with Gasteiger partial charge in [-0.1, -0.05) is 6.92 Å². The molecule has 1 heterocycles.